The molecule has 20 heavy (non-hydrogen) atoms. The van der Waals surface area contributed by atoms with Crippen LogP contribution in [0.3, 0.4) is 0 Å². The lowest BCUT2D eigenvalue weighted by molar-refractivity contribution is 0.607. The second-order valence-corrected chi connectivity index (χ2v) is 4.51. The molecule has 3 rings (SSSR count). The minimum Gasteiger partial charge on any atom is -0.237 e. The zero-order valence-corrected chi connectivity index (χ0v) is 10.8. The van der Waals surface area contributed by atoms with Gasteiger partial charge in [-0.15, -0.1) is 0 Å². The van der Waals surface area contributed by atoms with Gasteiger partial charge < -0.3 is 0 Å². The summed E-state index contributed by atoms with van der Waals surface area (Å²) in [5.41, 5.74) is 2.18. The van der Waals surface area contributed by atoms with Crippen LogP contribution in [-0.4, -0.2) is 9.97 Å². The average Bonchev–Trinajstić information content (AvgIpc) is 2.52. The van der Waals surface area contributed by atoms with Gasteiger partial charge in [-0.3, -0.25) is 0 Å². The molecule has 0 saturated carbocycles. The molecule has 0 spiro atoms. The summed E-state index contributed by atoms with van der Waals surface area (Å²) in [6, 6.07) is 20.0. The molecule has 0 atom stereocenters. The summed E-state index contributed by atoms with van der Waals surface area (Å²) in [4.78, 5) is 8.29. The molecule has 1 aromatic heterocycles. The number of halogens is 1. The lowest BCUT2D eigenvalue weighted by Gasteiger charge is -2.16. The molecule has 1 heterocycles. The normalized spacial score (nSPS) is 10.7. The van der Waals surface area contributed by atoms with Crippen LogP contribution in [0.2, 0.25) is 0 Å². The summed E-state index contributed by atoms with van der Waals surface area (Å²) >= 11 is 0. The highest BCUT2D eigenvalue weighted by molar-refractivity contribution is 5.37. The molecule has 0 radical (unpaired) electrons. The Morgan fingerprint density at radius 3 is 1.60 bits per heavy atom. The number of hydrogen-bond donors (Lipinski definition) is 0. The van der Waals surface area contributed by atoms with E-state index < -0.39 is 5.82 Å². The monoisotopic (exact) mass is 264 g/mol. The number of aromatic nitrogens is 2. The summed E-state index contributed by atoms with van der Waals surface area (Å²) in [5, 5.41) is 0. The Labute approximate surface area is 117 Å². The highest BCUT2D eigenvalue weighted by Crippen LogP contribution is 2.29. The van der Waals surface area contributed by atoms with Crippen LogP contribution in [-0.2, 0) is 0 Å². The van der Waals surface area contributed by atoms with Gasteiger partial charge in [-0.1, -0.05) is 60.7 Å². The minimum atomic E-state index is -0.423. The SMILES string of the molecule is Fc1cnc(C(c2ccccc2)c2ccccc2)nc1. The lowest BCUT2D eigenvalue weighted by atomic mass is 9.90. The summed E-state index contributed by atoms with van der Waals surface area (Å²) in [7, 11) is 0. The van der Waals surface area contributed by atoms with Crippen LogP contribution in [0.1, 0.15) is 22.9 Å². The maximum absolute atomic E-state index is 13.0. The van der Waals surface area contributed by atoms with Gasteiger partial charge in [0.05, 0.1) is 18.3 Å². The molecular formula is C17H13FN2. The topological polar surface area (TPSA) is 25.8 Å². The van der Waals surface area contributed by atoms with Gasteiger partial charge in [0, 0.05) is 0 Å². The number of benzene rings is 2. The molecule has 3 heteroatoms. The van der Waals surface area contributed by atoms with E-state index in [2.05, 4.69) is 9.97 Å². The predicted octanol–water partition coefficient (Wildman–Crippen LogP) is 3.80. The average molecular weight is 264 g/mol. The van der Waals surface area contributed by atoms with Crippen molar-refractivity contribution in [1.29, 1.82) is 0 Å². The van der Waals surface area contributed by atoms with Crippen molar-refractivity contribution in [2.75, 3.05) is 0 Å². The Bertz CT molecular complexity index is 627. The van der Waals surface area contributed by atoms with Gasteiger partial charge in [0.25, 0.3) is 0 Å². The molecule has 0 aliphatic rings. The third-order valence-corrected chi connectivity index (χ3v) is 3.16. The van der Waals surface area contributed by atoms with Crippen molar-refractivity contribution in [1.82, 2.24) is 9.97 Å². The van der Waals surface area contributed by atoms with Crippen LogP contribution in [0.15, 0.2) is 73.1 Å². The van der Waals surface area contributed by atoms with E-state index in [9.17, 15) is 4.39 Å². The van der Waals surface area contributed by atoms with Crippen molar-refractivity contribution < 1.29 is 4.39 Å². The van der Waals surface area contributed by atoms with Crippen LogP contribution in [0.5, 0.6) is 0 Å². The van der Waals surface area contributed by atoms with E-state index in [1.54, 1.807) is 0 Å². The molecule has 2 aromatic carbocycles. The fourth-order valence-corrected chi connectivity index (χ4v) is 2.25. The Morgan fingerprint density at radius 2 is 1.15 bits per heavy atom. The van der Waals surface area contributed by atoms with Crippen molar-refractivity contribution in [3.8, 4) is 0 Å². The van der Waals surface area contributed by atoms with Gasteiger partial charge in [0.1, 0.15) is 5.82 Å². The highest BCUT2D eigenvalue weighted by Gasteiger charge is 2.18. The van der Waals surface area contributed by atoms with Crippen molar-refractivity contribution in [3.05, 3.63) is 95.8 Å². The van der Waals surface area contributed by atoms with Crippen molar-refractivity contribution in [3.63, 3.8) is 0 Å². The fraction of sp³-hybridized carbons (Fsp3) is 0.0588. The minimum absolute atomic E-state index is 0.0852. The van der Waals surface area contributed by atoms with Gasteiger partial charge in [0.15, 0.2) is 5.82 Å². The molecule has 0 bridgehead atoms. The Morgan fingerprint density at radius 1 is 0.700 bits per heavy atom. The third-order valence-electron chi connectivity index (χ3n) is 3.16. The Kier molecular flexibility index (Phi) is 3.50. The quantitative estimate of drug-likeness (QED) is 0.719. The standard InChI is InChI=1S/C17H13FN2/c18-15-11-19-17(20-12-15)16(13-7-3-1-4-8-13)14-9-5-2-6-10-14/h1-12,16H. The van der Waals surface area contributed by atoms with Crippen LogP contribution in [0.25, 0.3) is 0 Å². The molecule has 0 amide bonds. The fourth-order valence-electron chi connectivity index (χ4n) is 2.25. The summed E-state index contributed by atoms with van der Waals surface area (Å²) in [6.45, 7) is 0. The van der Waals surface area contributed by atoms with Crippen LogP contribution in [0.4, 0.5) is 4.39 Å². The number of rotatable bonds is 3. The van der Waals surface area contributed by atoms with Crippen molar-refractivity contribution >= 4 is 0 Å². The van der Waals surface area contributed by atoms with Gasteiger partial charge in [-0.2, -0.15) is 0 Å². The van der Waals surface area contributed by atoms with E-state index in [4.69, 9.17) is 0 Å². The number of nitrogens with zero attached hydrogens (tertiary/aromatic N) is 2. The summed E-state index contributed by atoms with van der Waals surface area (Å²) < 4.78 is 13.0. The summed E-state index contributed by atoms with van der Waals surface area (Å²) in [6.07, 6.45) is 2.42. The van der Waals surface area contributed by atoms with Crippen molar-refractivity contribution in [2.45, 2.75) is 5.92 Å². The molecule has 3 aromatic rings. The lowest BCUT2D eigenvalue weighted by Crippen LogP contribution is -2.08. The maximum Gasteiger partial charge on any atom is 0.159 e. The third kappa shape index (κ3) is 2.57. The van der Waals surface area contributed by atoms with Gasteiger partial charge in [0.2, 0.25) is 0 Å². The van der Waals surface area contributed by atoms with Gasteiger partial charge in [-0.05, 0) is 11.1 Å². The van der Waals surface area contributed by atoms with Gasteiger partial charge in [-0.25, -0.2) is 14.4 Å². The first kappa shape index (κ1) is 12.5. The van der Waals surface area contributed by atoms with E-state index in [1.165, 1.54) is 12.4 Å². The van der Waals surface area contributed by atoms with Crippen LogP contribution >= 0.6 is 0 Å². The van der Waals surface area contributed by atoms with Crippen LogP contribution < -0.4 is 0 Å². The molecule has 0 unspecified atom stereocenters. The van der Waals surface area contributed by atoms with E-state index >= 15 is 0 Å². The Balaban J connectivity index is 2.11. The highest BCUT2D eigenvalue weighted by atomic mass is 19.1. The molecule has 98 valence electrons. The molecule has 0 saturated heterocycles. The summed E-state index contributed by atoms with van der Waals surface area (Å²) in [5.74, 6) is 0.0930. The predicted molar refractivity (Wildman–Crippen MR) is 75.8 cm³/mol. The van der Waals surface area contributed by atoms with Gasteiger partial charge >= 0.3 is 0 Å². The van der Waals surface area contributed by atoms with Crippen molar-refractivity contribution in [2.24, 2.45) is 0 Å². The first-order valence-corrected chi connectivity index (χ1v) is 6.42. The van der Waals surface area contributed by atoms with E-state index in [-0.39, 0.29) is 5.92 Å². The molecule has 0 fully saturated rings. The maximum atomic E-state index is 13.0. The molecule has 2 nitrogen and oxygen atoms in total. The molecule has 0 aliphatic carbocycles. The molecule has 0 aliphatic heterocycles. The van der Waals surface area contributed by atoms with E-state index in [1.807, 2.05) is 60.7 Å². The first-order valence-electron chi connectivity index (χ1n) is 6.42. The smallest absolute Gasteiger partial charge is 0.159 e. The zero-order chi connectivity index (χ0) is 13.8. The second-order valence-electron chi connectivity index (χ2n) is 4.51. The van der Waals surface area contributed by atoms with Crippen LogP contribution in [0, 0.1) is 5.82 Å². The molecular weight excluding hydrogens is 251 g/mol. The second kappa shape index (κ2) is 5.61. The first-order chi connectivity index (χ1) is 9.84. The number of hydrogen-bond acceptors (Lipinski definition) is 2. The largest absolute Gasteiger partial charge is 0.237 e. The molecule has 0 N–H and O–H groups in total. The Hall–Kier alpha value is -2.55. The van der Waals surface area contributed by atoms with E-state index in [0.29, 0.717) is 5.82 Å². The van der Waals surface area contributed by atoms with E-state index in [0.717, 1.165) is 11.1 Å². The zero-order valence-electron chi connectivity index (χ0n) is 10.8.